The minimum atomic E-state index is -4.64. The zero-order valence-electron chi connectivity index (χ0n) is 45.0. The molecule has 2 N–H and O–H groups in total. The fourth-order valence-corrected chi connectivity index (χ4v) is 8.11. The van der Waals surface area contributed by atoms with Crippen LogP contribution in [0.4, 0.5) is 0 Å². The molecule has 0 bridgehead atoms. The van der Waals surface area contributed by atoms with Crippen molar-refractivity contribution in [2.75, 3.05) is 40.9 Å². The van der Waals surface area contributed by atoms with Gasteiger partial charge in [-0.3, -0.25) is 9.36 Å². The average Bonchev–Trinajstić information content (AvgIpc) is 3.31. The molecule has 0 spiro atoms. The third-order valence-electron chi connectivity index (χ3n) is 11.7. The zero-order chi connectivity index (χ0) is 50.6. The van der Waals surface area contributed by atoms with Crippen molar-refractivity contribution in [2.24, 2.45) is 0 Å². The van der Waals surface area contributed by atoms with E-state index >= 15 is 0 Å². The molecule has 0 rings (SSSR count). The SMILES string of the molecule is CC/C=C\C/C=C\C/C=C\C/C=C\C/C=C\C/C=C\CCC(=O)NC(COP(=O)([O-])OCC[N+](C)(C)C)C(O)/C=C/CC/C=C/CC/C=C/CCCCCCCCCCCCCCCCCCCC. The van der Waals surface area contributed by atoms with Gasteiger partial charge in [0.25, 0.3) is 7.82 Å². The highest BCUT2D eigenvalue weighted by molar-refractivity contribution is 7.45. The topological polar surface area (TPSA) is 108 Å². The van der Waals surface area contributed by atoms with Crippen LogP contribution in [0.2, 0.25) is 0 Å². The largest absolute Gasteiger partial charge is 0.756 e. The molecule has 3 unspecified atom stereocenters. The molecule has 0 aliphatic carbocycles. The Balaban J connectivity index is 4.41. The standard InChI is InChI=1S/C60H105N2O6P/c1-6-8-10-12-14-16-18-20-22-24-26-27-28-29-30-31-32-33-34-36-37-39-41-43-45-47-49-51-53-59(63)58(57-68-69(65,66)67-56-55-62(3,4)5)61-60(64)54-52-50-48-46-44-42-40-38-35-25-23-21-19-17-15-13-11-9-7-2/h9,11,15,17,21,23,35-38,42-45,48,50-51,53,58-59,63H,6-8,10,12-14,16,18-20,22,24-34,39-41,46-47,49,52,54-57H2,1-5H3,(H-,61,64,65,66)/b11-9-,17-15-,23-21-,37-36+,38-35-,44-42-,45-43+,50-48-,53-51+. The first kappa shape index (κ1) is 66.2. The molecular formula is C60H105N2O6P. The van der Waals surface area contributed by atoms with E-state index in [1.807, 2.05) is 39.4 Å². The lowest BCUT2D eigenvalue weighted by Crippen LogP contribution is -2.45. The summed E-state index contributed by atoms with van der Waals surface area (Å²) in [7, 11) is 1.17. The second kappa shape index (κ2) is 50.1. The number of aliphatic hydroxyl groups excluding tert-OH is 1. The monoisotopic (exact) mass is 981 g/mol. The van der Waals surface area contributed by atoms with Gasteiger partial charge in [-0.25, -0.2) is 0 Å². The summed E-state index contributed by atoms with van der Waals surface area (Å²) in [4.78, 5) is 25.4. The number of allylic oxidation sites excluding steroid dienone is 17. The number of phosphoric ester groups is 1. The van der Waals surface area contributed by atoms with Gasteiger partial charge >= 0.3 is 0 Å². The van der Waals surface area contributed by atoms with Gasteiger partial charge in [0, 0.05) is 6.42 Å². The van der Waals surface area contributed by atoms with E-state index in [1.54, 1.807) is 6.08 Å². The van der Waals surface area contributed by atoms with Crippen molar-refractivity contribution in [3.8, 4) is 0 Å². The summed E-state index contributed by atoms with van der Waals surface area (Å²) in [6.07, 6.45) is 73.4. The number of hydrogen-bond acceptors (Lipinski definition) is 6. The van der Waals surface area contributed by atoms with Gasteiger partial charge < -0.3 is 28.8 Å². The molecule has 69 heavy (non-hydrogen) atoms. The van der Waals surface area contributed by atoms with Crippen LogP contribution < -0.4 is 10.2 Å². The highest BCUT2D eigenvalue weighted by Crippen LogP contribution is 2.38. The van der Waals surface area contributed by atoms with Gasteiger partial charge in [0.15, 0.2) is 0 Å². The Hall–Kier alpha value is -2.84. The van der Waals surface area contributed by atoms with Gasteiger partial charge in [-0.2, -0.15) is 0 Å². The molecule has 9 heteroatoms. The van der Waals surface area contributed by atoms with Gasteiger partial charge in [-0.1, -0.05) is 232 Å². The zero-order valence-corrected chi connectivity index (χ0v) is 45.9. The first-order valence-corrected chi connectivity index (χ1v) is 29.2. The van der Waals surface area contributed by atoms with Crippen LogP contribution in [0.25, 0.3) is 0 Å². The van der Waals surface area contributed by atoms with E-state index in [4.69, 9.17) is 9.05 Å². The molecule has 3 atom stereocenters. The molecule has 396 valence electrons. The van der Waals surface area contributed by atoms with Crippen LogP contribution in [-0.2, 0) is 18.4 Å². The van der Waals surface area contributed by atoms with Crippen molar-refractivity contribution in [1.82, 2.24) is 5.32 Å². The third kappa shape index (κ3) is 52.8. The van der Waals surface area contributed by atoms with Gasteiger partial charge in [0.05, 0.1) is 39.9 Å². The predicted octanol–water partition coefficient (Wildman–Crippen LogP) is 16.2. The minimum absolute atomic E-state index is 0.0286. The maximum atomic E-state index is 12.9. The lowest BCUT2D eigenvalue weighted by molar-refractivity contribution is -0.870. The van der Waals surface area contributed by atoms with Crippen molar-refractivity contribution in [3.05, 3.63) is 109 Å². The molecule has 0 saturated carbocycles. The number of likely N-dealkylation sites (N-methyl/N-ethyl adjacent to an activating group) is 1. The molecule has 8 nitrogen and oxygen atoms in total. The van der Waals surface area contributed by atoms with E-state index in [2.05, 4.69) is 104 Å². The van der Waals surface area contributed by atoms with E-state index in [1.165, 1.54) is 122 Å². The number of unbranched alkanes of at least 4 members (excludes halogenated alkanes) is 20. The summed E-state index contributed by atoms with van der Waals surface area (Å²) < 4.78 is 23.2. The molecular weight excluding hydrogens is 876 g/mol. The second-order valence-corrected chi connectivity index (χ2v) is 20.9. The molecule has 0 aliphatic rings. The molecule has 1 amide bonds. The second-order valence-electron chi connectivity index (χ2n) is 19.5. The van der Waals surface area contributed by atoms with Crippen molar-refractivity contribution in [2.45, 2.75) is 225 Å². The fraction of sp³-hybridized carbons (Fsp3) is 0.683. The van der Waals surface area contributed by atoms with Gasteiger partial charge in [0.2, 0.25) is 5.91 Å². The molecule has 0 heterocycles. The minimum Gasteiger partial charge on any atom is -0.756 e. The summed E-state index contributed by atoms with van der Waals surface area (Å²) in [5.41, 5.74) is 0. The van der Waals surface area contributed by atoms with Crippen molar-refractivity contribution in [3.63, 3.8) is 0 Å². The fourth-order valence-electron chi connectivity index (χ4n) is 7.38. The van der Waals surface area contributed by atoms with Crippen LogP contribution in [0.3, 0.4) is 0 Å². The Morgan fingerprint density at radius 2 is 0.899 bits per heavy atom. The average molecular weight is 981 g/mol. The number of aliphatic hydroxyl groups is 1. The number of nitrogens with one attached hydrogen (secondary N) is 1. The molecule has 0 radical (unpaired) electrons. The maximum Gasteiger partial charge on any atom is 0.268 e. The molecule has 0 aliphatic heterocycles. The van der Waals surface area contributed by atoms with Crippen molar-refractivity contribution in [1.29, 1.82) is 0 Å². The number of carbonyl (C=O) groups is 1. The van der Waals surface area contributed by atoms with Crippen LogP contribution >= 0.6 is 7.82 Å². The number of hydrogen-bond donors (Lipinski definition) is 2. The van der Waals surface area contributed by atoms with Crippen LogP contribution in [0.15, 0.2) is 109 Å². The highest BCUT2D eigenvalue weighted by Gasteiger charge is 2.23. The van der Waals surface area contributed by atoms with E-state index in [0.717, 1.165) is 57.8 Å². The Morgan fingerprint density at radius 1 is 0.522 bits per heavy atom. The Bertz CT molecular complexity index is 1490. The first-order chi connectivity index (χ1) is 33.5. The third-order valence-corrected chi connectivity index (χ3v) is 12.7. The summed E-state index contributed by atoms with van der Waals surface area (Å²) >= 11 is 0. The van der Waals surface area contributed by atoms with Crippen LogP contribution in [-0.4, -0.2) is 68.5 Å². The van der Waals surface area contributed by atoms with Gasteiger partial charge in [-0.15, -0.1) is 0 Å². The number of carbonyl (C=O) groups excluding carboxylic acids is 1. The van der Waals surface area contributed by atoms with Crippen LogP contribution in [0, 0.1) is 0 Å². The summed E-state index contributed by atoms with van der Waals surface area (Å²) in [5.74, 6) is -0.297. The summed E-state index contributed by atoms with van der Waals surface area (Å²) in [6, 6.07) is -0.959. The molecule has 0 fully saturated rings. The van der Waals surface area contributed by atoms with Gasteiger partial charge in [-0.05, 0) is 83.5 Å². The number of rotatable bonds is 49. The lowest BCUT2D eigenvalue weighted by Gasteiger charge is -2.29. The number of quaternary nitrogens is 1. The Labute approximate surface area is 425 Å². The number of phosphoric acid groups is 1. The number of amides is 1. The Kier molecular flexibility index (Phi) is 48.1. The quantitative estimate of drug-likeness (QED) is 0.0272. The lowest BCUT2D eigenvalue weighted by atomic mass is 10.0. The molecule has 0 aromatic carbocycles. The van der Waals surface area contributed by atoms with Crippen LogP contribution in [0.5, 0.6) is 0 Å². The number of nitrogens with zero attached hydrogens (tertiary/aromatic N) is 1. The van der Waals surface area contributed by atoms with Crippen molar-refractivity contribution < 1.29 is 32.9 Å². The molecule has 0 aromatic heterocycles. The predicted molar refractivity (Wildman–Crippen MR) is 297 cm³/mol. The summed E-state index contributed by atoms with van der Waals surface area (Å²) in [6.45, 7) is 4.44. The van der Waals surface area contributed by atoms with E-state index in [-0.39, 0.29) is 18.9 Å². The summed E-state index contributed by atoms with van der Waals surface area (Å²) in [5, 5.41) is 13.8. The van der Waals surface area contributed by atoms with E-state index in [0.29, 0.717) is 23.9 Å². The smallest absolute Gasteiger partial charge is 0.268 e. The van der Waals surface area contributed by atoms with Crippen molar-refractivity contribution >= 4 is 13.7 Å². The highest BCUT2D eigenvalue weighted by atomic mass is 31.2. The van der Waals surface area contributed by atoms with E-state index < -0.39 is 26.6 Å². The van der Waals surface area contributed by atoms with Gasteiger partial charge in [0.1, 0.15) is 13.2 Å². The molecule has 0 saturated heterocycles. The van der Waals surface area contributed by atoms with Crippen LogP contribution in [0.1, 0.15) is 213 Å². The normalized spacial score (nSPS) is 14.8. The Morgan fingerprint density at radius 3 is 1.33 bits per heavy atom. The molecule has 0 aromatic rings. The first-order valence-electron chi connectivity index (χ1n) is 27.7. The maximum absolute atomic E-state index is 12.9. The van der Waals surface area contributed by atoms with E-state index in [9.17, 15) is 19.4 Å².